The van der Waals surface area contributed by atoms with Crippen LogP contribution in [0.1, 0.15) is 89.9 Å². The molecule has 6 rings (SSSR count). The topological polar surface area (TPSA) is 102 Å². The molecule has 286 valence electrons. The first-order chi connectivity index (χ1) is 24.4. The molecule has 4 bridgehead atoms. The van der Waals surface area contributed by atoms with Crippen molar-refractivity contribution in [3.63, 3.8) is 0 Å². The van der Waals surface area contributed by atoms with E-state index in [1.54, 1.807) is 14.2 Å². The van der Waals surface area contributed by atoms with Gasteiger partial charge in [-0.05, 0) is 89.6 Å². The lowest BCUT2D eigenvalue weighted by Gasteiger charge is -2.39. The number of carbonyl (C=O) groups is 2. The van der Waals surface area contributed by atoms with E-state index < -0.39 is 0 Å². The molecular formula is C38H65ClN4O7. The Morgan fingerprint density at radius 2 is 1.62 bits per heavy atom. The van der Waals surface area contributed by atoms with Gasteiger partial charge >= 0.3 is 11.9 Å². The molecule has 3 saturated heterocycles. The Balaban J connectivity index is 1.07. The highest BCUT2D eigenvalue weighted by Gasteiger charge is 2.46. The van der Waals surface area contributed by atoms with Crippen LogP contribution in [0.3, 0.4) is 0 Å². The van der Waals surface area contributed by atoms with Gasteiger partial charge in [0.25, 0.3) is 0 Å². The Morgan fingerprint density at radius 3 is 2.40 bits per heavy atom. The van der Waals surface area contributed by atoms with Crippen LogP contribution in [0, 0.1) is 23.7 Å². The van der Waals surface area contributed by atoms with Gasteiger partial charge in [-0.1, -0.05) is 19.3 Å². The van der Waals surface area contributed by atoms with E-state index in [0.29, 0.717) is 38.4 Å². The number of methoxy groups -OCH3 is 2. The number of rotatable bonds is 6. The van der Waals surface area contributed by atoms with Crippen molar-refractivity contribution in [2.45, 2.75) is 126 Å². The normalized spacial score (nSPS) is 40.5. The van der Waals surface area contributed by atoms with E-state index in [2.05, 4.69) is 20.2 Å². The van der Waals surface area contributed by atoms with E-state index in [9.17, 15) is 9.59 Å². The van der Waals surface area contributed by atoms with Gasteiger partial charge in [-0.15, -0.1) is 11.6 Å². The Labute approximate surface area is 305 Å². The van der Waals surface area contributed by atoms with E-state index >= 15 is 0 Å². The van der Waals surface area contributed by atoms with Crippen LogP contribution < -0.4 is 5.43 Å². The van der Waals surface area contributed by atoms with E-state index in [4.69, 9.17) is 35.3 Å². The summed E-state index contributed by atoms with van der Waals surface area (Å²) < 4.78 is 30.2. The fourth-order valence-electron chi connectivity index (χ4n) is 9.71. The molecule has 11 atom stereocenters. The van der Waals surface area contributed by atoms with E-state index in [-0.39, 0.29) is 59.6 Å². The average molecular weight is 725 g/mol. The number of hydrazine groups is 1. The molecule has 11 unspecified atom stereocenters. The summed E-state index contributed by atoms with van der Waals surface area (Å²) in [6.07, 6.45) is 12.6. The van der Waals surface area contributed by atoms with Gasteiger partial charge in [0.15, 0.2) is 0 Å². The molecule has 3 saturated carbocycles. The number of ether oxygens (including phenoxy) is 5. The first-order valence-electron chi connectivity index (χ1n) is 20.0. The quantitative estimate of drug-likeness (QED) is 0.314. The monoisotopic (exact) mass is 724 g/mol. The highest BCUT2D eigenvalue weighted by atomic mass is 35.5. The Hall–Kier alpha value is -1.05. The summed E-state index contributed by atoms with van der Waals surface area (Å²) in [4.78, 5) is 32.0. The van der Waals surface area contributed by atoms with Crippen LogP contribution in [0.15, 0.2) is 0 Å². The molecule has 11 nitrogen and oxygen atoms in total. The van der Waals surface area contributed by atoms with Crippen molar-refractivity contribution >= 4 is 23.5 Å². The number of fused-ring (bicyclic) bond motifs is 6. The van der Waals surface area contributed by atoms with Crippen LogP contribution >= 0.6 is 11.6 Å². The largest absolute Gasteiger partial charge is 0.465 e. The van der Waals surface area contributed by atoms with Crippen LogP contribution in [-0.2, 0) is 33.3 Å². The molecule has 0 aromatic heterocycles. The highest BCUT2D eigenvalue weighted by Crippen LogP contribution is 2.38. The third-order valence-corrected chi connectivity index (χ3v) is 13.1. The number of halogens is 1. The Bertz CT molecular complexity index is 1070. The lowest BCUT2D eigenvalue weighted by Crippen LogP contribution is -2.49. The van der Waals surface area contributed by atoms with Crippen molar-refractivity contribution in [1.29, 1.82) is 0 Å². The van der Waals surface area contributed by atoms with Crippen LogP contribution in [0.25, 0.3) is 0 Å². The lowest BCUT2D eigenvalue weighted by atomic mass is 9.79. The lowest BCUT2D eigenvalue weighted by molar-refractivity contribution is -0.172. The fraction of sp³-hybridized carbons (Fsp3) is 0.947. The molecule has 0 spiro atoms. The Morgan fingerprint density at radius 1 is 0.840 bits per heavy atom. The molecule has 3 heterocycles. The molecule has 6 aliphatic rings. The second-order valence-electron chi connectivity index (χ2n) is 16.1. The van der Waals surface area contributed by atoms with Crippen molar-refractivity contribution in [3.05, 3.63) is 0 Å². The van der Waals surface area contributed by atoms with E-state index in [0.717, 1.165) is 96.8 Å². The van der Waals surface area contributed by atoms with Crippen molar-refractivity contribution in [2.75, 3.05) is 79.8 Å². The number of hydrogen-bond acceptors (Lipinski definition) is 11. The third kappa shape index (κ3) is 10.5. The highest BCUT2D eigenvalue weighted by molar-refractivity contribution is 6.21. The standard InChI is InChI=1S/C38H65ClN4O7/c1-46-34-23-29-24-35(36(34)47-2)48-19-6-11-30(12-16-42-14-7-13-41(17-18-42)15-8-20-49-37(29)44)50-38(45)28-21-32(39)31-26-43(40-33(31)22-28)25-27-9-4-3-5-10-27/h27-36,40H,3-26H2,1-2H3. The second-order valence-corrected chi connectivity index (χ2v) is 16.7. The van der Waals surface area contributed by atoms with E-state index in [1.165, 1.54) is 32.1 Å². The summed E-state index contributed by atoms with van der Waals surface area (Å²) in [6, 6.07) is 0.233. The predicted octanol–water partition coefficient (Wildman–Crippen LogP) is 4.25. The minimum absolute atomic E-state index is 0.0284. The number of alkyl halides is 1. The molecule has 0 aromatic rings. The van der Waals surface area contributed by atoms with Crippen LogP contribution in [0.2, 0.25) is 0 Å². The molecule has 50 heavy (non-hydrogen) atoms. The van der Waals surface area contributed by atoms with Crippen molar-refractivity contribution in [1.82, 2.24) is 20.2 Å². The third-order valence-electron chi connectivity index (χ3n) is 12.6. The number of nitrogens with one attached hydrogen (secondary N) is 1. The van der Waals surface area contributed by atoms with E-state index in [1.807, 2.05) is 0 Å². The molecule has 1 N–H and O–H groups in total. The molecule has 0 radical (unpaired) electrons. The van der Waals surface area contributed by atoms with Gasteiger partial charge in [-0.3, -0.25) is 15.0 Å². The number of nitrogens with zero attached hydrogens (tertiary/aromatic N) is 3. The molecule has 3 aliphatic carbocycles. The molecule has 6 fully saturated rings. The fourth-order valence-corrected chi connectivity index (χ4v) is 10.2. The zero-order chi connectivity index (χ0) is 34.9. The summed E-state index contributed by atoms with van der Waals surface area (Å²) in [5, 5.41) is 2.38. The second kappa shape index (κ2) is 19.3. The van der Waals surface area contributed by atoms with Crippen LogP contribution in [0.4, 0.5) is 0 Å². The maximum absolute atomic E-state index is 13.9. The number of esters is 2. The summed E-state index contributed by atoms with van der Waals surface area (Å²) in [7, 11) is 3.34. The number of carbonyl (C=O) groups excluding carboxylic acids is 2. The van der Waals surface area contributed by atoms with Gasteiger partial charge in [0.2, 0.25) is 0 Å². The molecule has 0 aromatic carbocycles. The first-order valence-corrected chi connectivity index (χ1v) is 20.5. The van der Waals surface area contributed by atoms with Crippen molar-refractivity contribution < 1.29 is 33.3 Å². The molecule has 3 aliphatic heterocycles. The maximum atomic E-state index is 13.9. The van der Waals surface area contributed by atoms with Crippen molar-refractivity contribution in [3.8, 4) is 0 Å². The summed E-state index contributed by atoms with van der Waals surface area (Å²) >= 11 is 7.02. The average Bonchev–Trinajstić information content (AvgIpc) is 3.40. The summed E-state index contributed by atoms with van der Waals surface area (Å²) in [5.41, 5.74) is 3.76. The number of cyclic esters (lactones) is 1. The molecular weight excluding hydrogens is 660 g/mol. The summed E-state index contributed by atoms with van der Waals surface area (Å²) in [5.74, 6) is 0.409. The smallest absolute Gasteiger partial charge is 0.309 e. The predicted molar refractivity (Wildman–Crippen MR) is 192 cm³/mol. The van der Waals surface area contributed by atoms with Crippen LogP contribution in [-0.4, -0.2) is 142 Å². The zero-order valence-corrected chi connectivity index (χ0v) is 31.6. The molecule has 12 heteroatoms. The van der Waals surface area contributed by atoms with Crippen molar-refractivity contribution in [2.24, 2.45) is 23.7 Å². The minimum Gasteiger partial charge on any atom is -0.465 e. The minimum atomic E-state index is -0.284. The van der Waals surface area contributed by atoms with Gasteiger partial charge in [0.1, 0.15) is 12.2 Å². The van der Waals surface area contributed by atoms with Gasteiger partial charge in [0, 0.05) is 77.4 Å². The SMILES string of the molecule is COC1CC2CC(OCCCC(OC(=O)C3CC(Cl)C4CN(CC5CCCCC5)NC4C3)CCN3CCCN(CCCOC2=O)CC3)C1OC. The number of hydrogen-bond donors (Lipinski definition) is 1. The summed E-state index contributed by atoms with van der Waals surface area (Å²) in [6.45, 7) is 8.90. The van der Waals surface area contributed by atoms with Gasteiger partial charge < -0.3 is 33.5 Å². The maximum Gasteiger partial charge on any atom is 0.309 e. The first kappa shape index (κ1) is 38.7. The van der Waals surface area contributed by atoms with Crippen LogP contribution in [0.5, 0.6) is 0 Å². The molecule has 0 amide bonds. The van der Waals surface area contributed by atoms with Gasteiger partial charge in [-0.2, -0.15) is 0 Å². The Kier molecular flexibility index (Phi) is 14.9. The van der Waals surface area contributed by atoms with Gasteiger partial charge in [-0.25, -0.2) is 5.01 Å². The van der Waals surface area contributed by atoms with Gasteiger partial charge in [0.05, 0.1) is 30.7 Å². The zero-order valence-electron chi connectivity index (χ0n) is 30.8.